The lowest BCUT2D eigenvalue weighted by Gasteiger charge is -2.18. The van der Waals surface area contributed by atoms with E-state index in [1.807, 2.05) is 6.92 Å². The van der Waals surface area contributed by atoms with Gasteiger partial charge in [-0.1, -0.05) is 13.3 Å². The zero-order chi connectivity index (χ0) is 14.5. The number of halogens is 1. The van der Waals surface area contributed by atoms with Gasteiger partial charge in [0.25, 0.3) is 0 Å². The Morgan fingerprint density at radius 2 is 2.11 bits per heavy atom. The molecule has 1 rings (SSSR count). The summed E-state index contributed by atoms with van der Waals surface area (Å²) in [6.07, 6.45) is 1.61. The van der Waals surface area contributed by atoms with Crippen LogP contribution in [0, 0.1) is 17.1 Å². The maximum atomic E-state index is 13.2. The second-order valence-corrected chi connectivity index (χ2v) is 5.90. The molecule has 0 unspecified atom stereocenters. The van der Waals surface area contributed by atoms with Gasteiger partial charge in [0.2, 0.25) is 0 Å². The van der Waals surface area contributed by atoms with Gasteiger partial charge in [-0.15, -0.1) is 0 Å². The van der Waals surface area contributed by atoms with E-state index < -0.39 is 16.0 Å². The molecule has 0 heterocycles. The minimum absolute atomic E-state index is 0.0416. The highest BCUT2D eigenvalue weighted by Gasteiger charge is 2.17. The zero-order valence-corrected chi connectivity index (χ0v) is 11.7. The summed E-state index contributed by atoms with van der Waals surface area (Å²) in [4.78, 5) is 0. The van der Waals surface area contributed by atoms with Crippen LogP contribution in [0.2, 0.25) is 0 Å². The average Bonchev–Trinajstić information content (AvgIpc) is 2.34. The summed E-state index contributed by atoms with van der Waals surface area (Å²) in [7, 11) is -2.27. The average molecular weight is 285 g/mol. The highest BCUT2D eigenvalue weighted by atomic mass is 32.2. The van der Waals surface area contributed by atoms with Gasteiger partial charge in [0.15, 0.2) is 0 Å². The first-order valence-corrected chi connectivity index (χ1v) is 7.28. The van der Waals surface area contributed by atoms with Crippen LogP contribution in [-0.4, -0.2) is 26.3 Å². The highest BCUT2D eigenvalue weighted by molar-refractivity contribution is 7.90. The molecule has 0 atom stereocenters. The summed E-state index contributed by atoms with van der Waals surface area (Å²) in [5.74, 6) is -0.659. The fourth-order valence-electron chi connectivity index (χ4n) is 1.44. The van der Waals surface area contributed by atoms with Crippen LogP contribution in [-0.2, 0) is 10.2 Å². The van der Waals surface area contributed by atoms with Crippen molar-refractivity contribution in [2.75, 3.05) is 18.3 Å². The minimum Gasteiger partial charge on any atom is -0.271 e. The summed E-state index contributed by atoms with van der Waals surface area (Å²) in [6.45, 7) is 2.34. The molecule has 1 aromatic rings. The quantitative estimate of drug-likeness (QED) is 0.869. The predicted octanol–water partition coefficient (Wildman–Crippen LogP) is 2.09. The molecular formula is C12H16FN3O2S. The van der Waals surface area contributed by atoms with Gasteiger partial charge in [-0.3, -0.25) is 4.72 Å². The van der Waals surface area contributed by atoms with Gasteiger partial charge in [0, 0.05) is 13.6 Å². The molecule has 5 nitrogen and oxygen atoms in total. The van der Waals surface area contributed by atoms with Crippen molar-refractivity contribution in [3.05, 3.63) is 29.6 Å². The monoisotopic (exact) mass is 285 g/mol. The van der Waals surface area contributed by atoms with Crippen LogP contribution in [0.3, 0.4) is 0 Å². The summed E-state index contributed by atoms with van der Waals surface area (Å²) >= 11 is 0. The standard InChI is InChI=1S/C12H16FN3O2S/c1-3-4-5-16(2)19(17,18)15-12-7-10(9-14)6-11(13)8-12/h6-8,15H,3-5H2,1-2H3. The van der Waals surface area contributed by atoms with Gasteiger partial charge >= 0.3 is 10.2 Å². The number of rotatable bonds is 6. The SMILES string of the molecule is CCCCN(C)S(=O)(=O)Nc1cc(F)cc(C#N)c1. The minimum atomic E-state index is -3.72. The van der Waals surface area contributed by atoms with Crippen molar-refractivity contribution in [3.8, 4) is 6.07 Å². The number of nitriles is 1. The summed E-state index contributed by atoms with van der Waals surface area (Å²) in [6, 6.07) is 5.13. The Balaban J connectivity index is 2.89. The molecule has 0 saturated heterocycles. The van der Waals surface area contributed by atoms with Crippen LogP contribution in [0.1, 0.15) is 25.3 Å². The van der Waals surface area contributed by atoms with E-state index >= 15 is 0 Å². The van der Waals surface area contributed by atoms with Crippen molar-refractivity contribution in [2.24, 2.45) is 0 Å². The molecular weight excluding hydrogens is 269 g/mol. The Hall–Kier alpha value is -1.65. The molecule has 0 radical (unpaired) electrons. The van der Waals surface area contributed by atoms with Crippen LogP contribution in [0.5, 0.6) is 0 Å². The lowest BCUT2D eigenvalue weighted by Crippen LogP contribution is -2.33. The van der Waals surface area contributed by atoms with Gasteiger partial charge in [-0.2, -0.15) is 18.0 Å². The van der Waals surface area contributed by atoms with Gasteiger partial charge in [-0.25, -0.2) is 4.39 Å². The molecule has 1 N–H and O–H groups in total. The summed E-state index contributed by atoms with van der Waals surface area (Å²) < 4.78 is 40.5. The molecule has 7 heteroatoms. The Kier molecular flexibility index (Phi) is 5.27. The van der Waals surface area contributed by atoms with Crippen molar-refractivity contribution in [3.63, 3.8) is 0 Å². The van der Waals surface area contributed by atoms with E-state index in [4.69, 9.17) is 5.26 Å². The van der Waals surface area contributed by atoms with Crippen LogP contribution < -0.4 is 4.72 Å². The Morgan fingerprint density at radius 3 is 2.68 bits per heavy atom. The van der Waals surface area contributed by atoms with Gasteiger partial charge in [0.05, 0.1) is 17.3 Å². The maximum absolute atomic E-state index is 13.2. The number of nitrogens with one attached hydrogen (secondary N) is 1. The third kappa shape index (κ3) is 4.50. The molecule has 104 valence electrons. The van der Waals surface area contributed by atoms with Crippen LogP contribution in [0.15, 0.2) is 18.2 Å². The zero-order valence-electron chi connectivity index (χ0n) is 10.9. The molecule has 0 aliphatic carbocycles. The van der Waals surface area contributed by atoms with Gasteiger partial charge in [0.1, 0.15) is 5.82 Å². The van der Waals surface area contributed by atoms with Crippen molar-refractivity contribution in [1.29, 1.82) is 5.26 Å². The topological polar surface area (TPSA) is 73.2 Å². The third-order valence-corrected chi connectivity index (χ3v) is 4.01. The largest absolute Gasteiger partial charge is 0.301 e. The highest BCUT2D eigenvalue weighted by Crippen LogP contribution is 2.16. The van der Waals surface area contributed by atoms with E-state index in [-0.39, 0.29) is 11.3 Å². The normalized spacial score (nSPS) is 11.3. The van der Waals surface area contributed by atoms with E-state index in [0.717, 1.165) is 29.3 Å². The molecule has 0 bridgehead atoms. The summed E-state index contributed by atoms with van der Waals surface area (Å²) in [5, 5.41) is 8.71. The lowest BCUT2D eigenvalue weighted by molar-refractivity contribution is 0.463. The molecule has 0 saturated carbocycles. The van der Waals surface area contributed by atoms with Gasteiger partial charge in [-0.05, 0) is 24.6 Å². The van der Waals surface area contributed by atoms with Crippen molar-refractivity contribution in [1.82, 2.24) is 4.31 Å². The van der Waals surface area contributed by atoms with Crippen molar-refractivity contribution < 1.29 is 12.8 Å². The Morgan fingerprint density at radius 1 is 1.42 bits per heavy atom. The number of anilines is 1. The fourth-order valence-corrected chi connectivity index (χ4v) is 2.38. The molecule has 0 aromatic heterocycles. The first-order valence-electron chi connectivity index (χ1n) is 5.84. The first-order chi connectivity index (χ1) is 8.89. The van der Waals surface area contributed by atoms with Crippen LogP contribution >= 0.6 is 0 Å². The second-order valence-electron chi connectivity index (χ2n) is 4.12. The number of nitrogens with zero attached hydrogens (tertiary/aromatic N) is 2. The first kappa shape index (κ1) is 15.4. The van der Waals surface area contributed by atoms with E-state index in [1.54, 1.807) is 6.07 Å². The number of benzene rings is 1. The molecule has 0 fully saturated rings. The Bertz CT molecular complexity index is 581. The maximum Gasteiger partial charge on any atom is 0.301 e. The molecule has 19 heavy (non-hydrogen) atoms. The molecule has 1 aromatic carbocycles. The molecule has 0 aliphatic heterocycles. The van der Waals surface area contributed by atoms with E-state index in [2.05, 4.69) is 4.72 Å². The molecule has 0 spiro atoms. The molecule has 0 amide bonds. The van der Waals surface area contributed by atoms with Gasteiger partial charge < -0.3 is 0 Å². The van der Waals surface area contributed by atoms with E-state index in [0.29, 0.717) is 6.54 Å². The Labute approximate surface area is 112 Å². The fraction of sp³-hybridized carbons (Fsp3) is 0.417. The van der Waals surface area contributed by atoms with Crippen molar-refractivity contribution in [2.45, 2.75) is 19.8 Å². The third-order valence-electron chi connectivity index (χ3n) is 2.51. The smallest absolute Gasteiger partial charge is 0.271 e. The van der Waals surface area contributed by atoms with Crippen molar-refractivity contribution >= 4 is 15.9 Å². The number of hydrogen-bond acceptors (Lipinski definition) is 3. The number of hydrogen-bond donors (Lipinski definition) is 1. The van der Waals surface area contributed by atoms with E-state index in [1.165, 1.54) is 13.1 Å². The lowest BCUT2D eigenvalue weighted by atomic mass is 10.2. The summed E-state index contributed by atoms with van der Waals surface area (Å²) in [5.41, 5.74) is 0.105. The number of unbranched alkanes of at least 4 members (excludes halogenated alkanes) is 1. The predicted molar refractivity (Wildman–Crippen MR) is 71.2 cm³/mol. The van der Waals surface area contributed by atoms with Crippen LogP contribution in [0.4, 0.5) is 10.1 Å². The molecule has 0 aliphatic rings. The van der Waals surface area contributed by atoms with E-state index in [9.17, 15) is 12.8 Å². The van der Waals surface area contributed by atoms with Crippen LogP contribution in [0.25, 0.3) is 0 Å². The second kappa shape index (κ2) is 6.50.